The van der Waals surface area contributed by atoms with Crippen molar-refractivity contribution in [1.29, 1.82) is 0 Å². The Labute approximate surface area is 285 Å². The molecule has 224 valence electrons. The minimum Gasteiger partial charge on any atom is -0.135 e. The van der Waals surface area contributed by atoms with Crippen LogP contribution in [0.1, 0.15) is 0 Å². The van der Waals surface area contributed by atoms with Crippen molar-refractivity contribution in [2.45, 2.75) is 0 Å². The highest BCUT2D eigenvalue weighted by Crippen LogP contribution is 2.50. The molecule has 49 heavy (non-hydrogen) atoms. The van der Waals surface area contributed by atoms with Gasteiger partial charge in [0.2, 0.25) is 0 Å². The van der Waals surface area contributed by atoms with E-state index in [1.807, 2.05) is 11.3 Å². The van der Waals surface area contributed by atoms with Gasteiger partial charge in [-0.3, -0.25) is 0 Å². The van der Waals surface area contributed by atoms with E-state index >= 15 is 0 Å². The van der Waals surface area contributed by atoms with Gasteiger partial charge in [0.1, 0.15) is 0 Å². The number of hydrogen-bond acceptors (Lipinski definition) is 1. The lowest BCUT2D eigenvalue weighted by molar-refractivity contribution is 1.70. The monoisotopic (exact) mass is 634 g/mol. The van der Waals surface area contributed by atoms with E-state index in [1.165, 1.54) is 118 Å². The molecule has 0 fully saturated rings. The van der Waals surface area contributed by atoms with Crippen molar-refractivity contribution >= 4 is 107 Å². The average molecular weight is 635 g/mol. The zero-order chi connectivity index (χ0) is 31.8. The fourth-order valence-corrected chi connectivity index (χ4v) is 10.4. The lowest BCUT2D eigenvalue weighted by Gasteiger charge is -2.19. The lowest BCUT2D eigenvalue weighted by Crippen LogP contribution is -1.92. The third-order valence-corrected chi connectivity index (χ3v) is 12.3. The maximum Gasteiger partial charge on any atom is 0.0440 e. The van der Waals surface area contributed by atoms with Crippen LogP contribution in [-0.2, 0) is 0 Å². The van der Waals surface area contributed by atoms with Gasteiger partial charge in [0.25, 0.3) is 0 Å². The van der Waals surface area contributed by atoms with Crippen LogP contribution in [0.5, 0.6) is 0 Å². The van der Waals surface area contributed by atoms with Crippen LogP contribution in [0.15, 0.2) is 158 Å². The zero-order valence-corrected chi connectivity index (χ0v) is 27.2. The van der Waals surface area contributed by atoms with Gasteiger partial charge in [-0.1, -0.05) is 146 Å². The van der Waals surface area contributed by atoms with Gasteiger partial charge in [0.05, 0.1) is 0 Å². The van der Waals surface area contributed by atoms with Gasteiger partial charge >= 0.3 is 0 Å². The summed E-state index contributed by atoms with van der Waals surface area (Å²) in [5, 5.41) is 21.3. The smallest absolute Gasteiger partial charge is 0.0440 e. The van der Waals surface area contributed by atoms with E-state index < -0.39 is 0 Å². The van der Waals surface area contributed by atoms with E-state index in [0.717, 1.165) is 0 Å². The summed E-state index contributed by atoms with van der Waals surface area (Å²) >= 11 is 1.93. The number of fused-ring (bicyclic) bond motifs is 6. The molecule has 0 aliphatic rings. The highest BCUT2D eigenvalue weighted by molar-refractivity contribution is 7.27. The molecule has 1 aromatic heterocycles. The Morgan fingerprint density at radius 3 is 1.63 bits per heavy atom. The van der Waals surface area contributed by atoms with Crippen LogP contribution in [0.4, 0.5) is 0 Å². The van der Waals surface area contributed by atoms with Crippen molar-refractivity contribution < 1.29 is 0 Å². The first kappa shape index (κ1) is 26.0. The summed E-state index contributed by atoms with van der Waals surface area (Å²) in [5.74, 6) is 0. The molecule has 0 N–H and O–H groups in total. The lowest BCUT2D eigenvalue weighted by atomic mass is 9.84. The Morgan fingerprint density at radius 1 is 0.265 bits per heavy atom. The highest BCUT2D eigenvalue weighted by Gasteiger charge is 2.21. The second kappa shape index (κ2) is 9.32. The zero-order valence-electron chi connectivity index (χ0n) is 26.4. The SMILES string of the molecule is c1ccc2c(-c3ccc4ccc5c(-c6cc7cccc8c9c%10ccccc%10sc9c9cccc6c9c78)ccc6ccc3c4c65)cccc2c1. The molecule has 0 bridgehead atoms. The van der Waals surface area contributed by atoms with E-state index in [4.69, 9.17) is 0 Å². The van der Waals surface area contributed by atoms with Crippen molar-refractivity contribution in [2.75, 3.05) is 0 Å². The Bertz CT molecular complexity index is 3320. The topological polar surface area (TPSA) is 0 Å². The van der Waals surface area contributed by atoms with Gasteiger partial charge in [0.15, 0.2) is 0 Å². The quantitative estimate of drug-likeness (QED) is 0.166. The van der Waals surface area contributed by atoms with Crippen molar-refractivity contribution in [3.63, 3.8) is 0 Å². The molecule has 0 nitrogen and oxygen atoms in total. The predicted octanol–water partition coefficient (Wildman–Crippen LogP) is 14.3. The minimum atomic E-state index is 1.27. The van der Waals surface area contributed by atoms with Gasteiger partial charge in [-0.15, -0.1) is 11.3 Å². The van der Waals surface area contributed by atoms with Gasteiger partial charge in [0, 0.05) is 25.6 Å². The van der Waals surface area contributed by atoms with Gasteiger partial charge < -0.3 is 0 Å². The Kier molecular flexibility index (Phi) is 4.94. The van der Waals surface area contributed by atoms with Crippen LogP contribution in [0.3, 0.4) is 0 Å². The van der Waals surface area contributed by atoms with Crippen molar-refractivity contribution in [1.82, 2.24) is 0 Å². The van der Waals surface area contributed by atoms with Crippen molar-refractivity contribution in [2.24, 2.45) is 0 Å². The second-order valence-electron chi connectivity index (χ2n) is 13.5. The highest BCUT2D eigenvalue weighted by atomic mass is 32.1. The molecule has 1 heteroatoms. The molecule has 0 amide bonds. The maximum absolute atomic E-state index is 2.46. The summed E-state index contributed by atoms with van der Waals surface area (Å²) in [6.45, 7) is 0. The number of hydrogen-bond donors (Lipinski definition) is 0. The van der Waals surface area contributed by atoms with Gasteiger partial charge in [-0.25, -0.2) is 0 Å². The molecule has 12 aromatic rings. The van der Waals surface area contributed by atoms with Crippen LogP contribution in [0.25, 0.3) is 118 Å². The number of rotatable bonds is 2. The van der Waals surface area contributed by atoms with Crippen molar-refractivity contribution in [3.05, 3.63) is 158 Å². The molecular weight excluding hydrogens is 609 g/mol. The van der Waals surface area contributed by atoms with Crippen LogP contribution < -0.4 is 0 Å². The van der Waals surface area contributed by atoms with E-state index in [1.54, 1.807) is 0 Å². The van der Waals surface area contributed by atoms with E-state index in [2.05, 4.69) is 158 Å². The van der Waals surface area contributed by atoms with Crippen molar-refractivity contribution in [3.8, 4) is 22.3 Å². The first-order valence-electron chi connectivity index (χ1n) is 17.0. The third kappa shape index (κ3) is 3.33. The van der Waals surface area contributed by atoms with E-state index in [0.29, 0.717) is 0 Å². The fraction of sp³-hybridized carbons (Fsp3) is 0. The summed E-state index contributed by atoms with van der Waals surface area (Å²) < 4.78 is 2.74. The molecule has 11 aromatic carbocycles. The average Bonchev–Trinajstić information content (AvgIpc) is 3.56. The van der Waals surface area contributed by atoms with Gasteiger partial charge in [-0.2, -0.15) is 0 Å². The Balaban J connectivity index is 1.20. The number of benzene rings is 11. The first-order valence-corrected chi connectivity index (χ1v) is 17.8. The molecule has 0 saturated carbocycles. The molecule has 0 radical (unpaired) electrons. The van der Waals surface area contributed by atoms with E-state index in [-0.39, 0.29) is 0 Å². The summed E-state index contributed by atoms with van der Waals surface area (Å²) in [7, 11) is 0. The van der Waals surface area contributed by atoms with Gasteiger partial charge in [-0.05, 0) is 104 Å². The molecule has 0 aliphatic carbocycles. The molecule has 0 aliphatic heterocycles. The van der Waals surface area contributed by atoms with Crippen LogP contribution in [0, 0.1) is 0 Å². The second-order valence-corrected chi connectivity index (χ2v) is 14.6. The van der Waals surface area contributed by atoms with Crippen LogP contribution in [0.2, 0.25) is 0 Å². The minimum absolute atomic E-state index is 1.27. The summed E-state index contributed by atoms with van der Waals surface area (Å²) in [5.41, 5.74) is 5.18. The third-order valence-electron chi connectivity index (χ3n) is 11.1. The summed E-state index contributed by atoms with van der Waals surface area (Å²) in [4.78, 5) is 0. The molecule has 0 spiro atoms. The number of thiophene rings is 1. The standard InChI is InChI=1S/C48H26S/c1-2-11-31-27(8-1)9-5-13-32(31)33-22-18-28-21-25-37-34(23-19-29-20-24-36(33)43(28)44(29)37)41-26-30-10-6-15-39-45(30)46-35(41)14-7-16-40(46)48-47(39)38-12-3-4-17-42(38)49-48/h1-26H. The molecule has 0 saturated heterocycles. The fourth-order valence-electron chi connectivity index (χ4n) is 9.10. The van der Waals surface area contributed by atoms with E-state index in [9.17, 15) is 0 Å². The summed E-state index contributed by atoms with van der Waals surface area (Å²) in [6.07, 6.45) is 0. The molecule has 0 atom stereocenters. The first-order chi connectivity index (χ1) is 24.3. The molecule has 12 rings (SSSR count). The Morgan fingerprint density at radius 2 is 0.796 bits per heavy atom. The molecular formula is C48H26S. The molecule has 0 unspecified atom stereocenters. The van der Waals surface area contributed by atoms with Crippen LogP contribution >= 0.6 is 11.3 Å². The Hall–Kier alpha value is -6.02. The normalized spacial score (nSPS) is 12.5. The molecule has 1 heterocycles. The van der Waals surface area contributed by atoms with Crippen LogP contribution in [-0.4, -0.2) is 0 Å². The summed E-state index contributed by atoms with van der Waals surface area (Å²) in [6, 6.07) is 59.3. The largest absolute Gasteiger partial charge is 0.135 e. The predicted molar refractivity (Wildman–Crippen MR) is 215 cm³/mol. The maximum atomic E-state index is 2.46.